The van der Waals surface area contributed by atoms with Crippen molar-refractivity contribution in [3.05, 3.63) is 52.4 Å². The lowest BCUT2D eigenvalue weighted by molar-refractivity contribution is 0.0963. The standard InChI is InChI=1S/C16H18ClN3O3/c1-10-12(6-7-23-10)9-20(3)16(22)19-14-5-4-11(8-13(14)17)15(21)18-2/h4-8H,9H2,1-3H3,(H,18,21)(H,19,22). The predicted octanol–water partition coefficient (Wildman–Crippen LogP) is 3.26. The maximum atomic E-state index is 12.2. The first-order valence-corrected chi connectivity index (χ1v) is 7.37. The number of carbonyl (C=O) groups is 2. The highest BCUT2D eigenvalue weighted by Gasteiger charge is 2.14. The van der Waals surface area contributed by atoms with Crippen LogP contribution in [0, 0.1) is 6.92 Å². The van der Waals surface area contributed by atoms with Gasteiger partial charge in [0.2, 0.25) is 0 Å². The van der Waals surface area contributed by atoms with Gasteiger partial charge in [-0.15, -0.1) is 0 Å². The summed E-state index contributed by atoms with van der Waals surface area (Å²) in [6.07, 6.45) is 1.59. The minimum absolute atomic E-state index is 0.239. The van der Waals surface area contributed by atoms with Gasteiger partial charge in [-0.3, -0.25) is 4.79 Å². The Morgan fingerprint density at radius 1 is 1.30 bits per heavy atom. The van der Waals surface area contributed by atoms with Crippen LogP contribution < -0.4 is 10.6 Å². The van der Waals surface area contributed by atoms with Crippen molar-refractivity contribution in [2.45, 2.75) is 13.5 Å². The molecule has 0 bridgehead atoms. The van der Waals surface area contributed by atoms with Crippen LogP contribution in [-0.4, -0.2) is 30.9 Å². The smallest absolute Gasteiger partial charge is 0.321 e. The molecule has 0 fully saturated rings. The van der Waals surface area contributed by atoms with E-state index < -0.39 is 0 Å². The van der Waals surface area contributed by atoms with E-state index in [2.05, 4.69) is 10.6 Å². The van der Waals surface area contributed by atoms with Crippen LogP contribution in [0.1, 0.15) is 21.7 Å². The third-order valence-corrected chi connectivity index (χ3v) is 3.73. The number of hydrogen-bond donors (Lipinski definition) is 2. The number of hydrogen-bond acceptors (Lipinski definition) is 3. The van der Waals surface area contributed by atoms with Crippen LogP contribution in [0.3, 0.4) is 0 Å². The molecule has 0 spiro atoms. The van der Waals surface area contributed by atoms with Crippen molar-refractivity contribution in [1.29, 1.82) is 0 Å². The summed E-state index contributed by atoms with van der Waals surface area (Å²) in [6, 6.07) is 6.23. The fraction of sp³-hybridized carbons (Fsp3) is 0.250. The largest absolute Gasteiger partial charge is 0.469 e. The highest BCUT2D eigenvalue weighted by Crippen LogP contribution is 2.23. The zero-order valence-corrected chi connectivity index (χ0v) is 13.9. The van der Waals surface area contributed by atoms with Crippen molar-refractivity contribution in [3.63, 3.8) is 0 Å². The van der Waals surface area contributed by atoms with Crippen LogP contribution in [-0.2, 0) is 6.54 Å². The molecule has 0 aliphatic heterocycles. The van der Waals surface area contributed by atoms with Crippen LogP contribution >= 0.6 is 11.6 Å². The summed E-state index contributed by atoms with van der Waals surface area (Å²) in [6.45, 7) is 2.26. The summed E-state index contributed by atoms with van der Waals surface area (Å²) in [5, 5.41) is 5.53. The van der Waals surface area contributed by atoms with E-state index in [-0.39, 0.29) is 11.9 Å². The van der Waals surface area contributed by atoms with Crippen LogP contribution in [0.2, 0.25) is 5.02 Å². The van der Waals surface area contributed by atoms with E-state index in [4.69, 9.17) is 16.0 Å². The summed E-state index contributed by atoms with van der Waals surface area (Å²) in [7, 11) is 3.22. The number of nitrogens with zero attached hydrogens (tertiary/aromatic N) is 1. The van der Waals surface area contributed by atoms with Crippen molar-refractivity contribution in [2.24, 2.45) is 0 Å². The highest BCUT2D eigenvalue weighted by atomic mass is 35.5. The van der Waals surface area contributed by atoms with Crippen molar-refractivity contribution < 1.29 is 14.0 Å². The number of carbonyl (C=O) groups excluding carboxylic acids is 2. The highest BCUT2D eigenvalue weighted by molar-refractivity contribution is 6.34. The summed E-state index contributed by atoms with van der Waals surface area (Å²) >= 11 is 6.12. The summed E-state index contributed by atoms with van der Waals surface area (Å²) < 4.78 is 5.21. The molecule has 122 valence electrons. The number of rotatable bonds is 4. The molecule has 0 atom stereocenters. The zero-order valence-electron chi connectivity index (χ0n) is 13.1. The monoisotopic (exact) mass is 335 g/mol. The van der Waals surface area contributed by atoms with Crippen molar-refractivity contribution in [2.75, 3.05) is 19.4 Å². The van der Waals surface area contributed by atoms with Gasteiger partial charge in [0.1, 0.15) is 5.76 Å². The normalized spacial score (nSPS) is 10.3. The molecule has 0 radical (unpaired) electrons. The molecule has 3 amide bonds. The first-order valence-electron chi connectivity index (χ1n) is 6.99. The molecule has 0 saturated carbocycles. The quantitative estimate of drug-likeness (QED) is 0.900. The van der Waals surface area contributed by atoms with Crippen LogP contribution in [0.15, 0.2) is 34.9 Å². The van der Waals surface area contributed by atoms with Gasteiger partial charge >= 0.3 is 6.03 Å². The topological polar surface area (TPSA) is 74.6 Å². The third kappa shape index (κ3) is 4.04. The minimum Gasteiger partial charge on any atom is -0.469 e. The van der Waals surface area contributed by atoms with Gasteiger partial charge in [0.05, 0.1) is 23.5 Å². The van der Waals surface area contributed by atoms with Gasteiger partial charge in [0.15, 0.2) is 0 Å². The fourth-order valence-corrected chi connectivity index (χ4v) is 2.24. The Morgan fingerprint density at radius 2 is 2.04 bits per heavy atom. The number of amides is 3. The van der Waals surface area contributed by atoms with Gasteiger partial charge in [0, 0.05) is 25.2 Å². The molecule has 1 heterocycles. The lowest BCUT2D eigenvalue weighted by Gasteiger charge is -2.18. The van der Waals surface area contributed by atoms with Crippen molar-refractivity contribution in [3.8, 4) is 0 Å². The molecule has 1 aromatic heterocycles. The molecule has 0 saturated heterocycles. The number of furan rings is 1. The van der Waals surface area contributed by atoms with E-state index in [1.165, 1.54) is 11.0 Å². The van der Waals surface area contributed by atoms with Gasteiger partial charge in [-0.25, -0.2) is 4.79 Å². The minimum atomic E-state index is -0.305. The molecule has 23 heavy (non-hydrogen) atoms. The van der Waals surface area contributed by atoms with Crippen LogP contribution in [0.25, 0.3) is 0 Å². The number of anilines is 1. The average Bonchev–Trinajstić information content (AvgIpc) is 2.93. The van der Waals surface area contributed by atoms with E-state index in [0.29, 0.717) is 22.8 Å². The molecule has 1 aromatic carbocycles. The van der Waals surface area contributed by atoms with Crippen molar-refractivity contribution in [1.82, 2.24) is 10.2 Å². The number of halogens is 1. The maximum Gasteiger partial charge on any atom is 0.321 e. The van der Waals surface area contributed by atoms with E-state index in [9.17, 15) is 9.59 Å². The van der Waals surface area contributed by atoms with Gasteiger partial charge in [-0.2, -0.15) is 0 Å². The van der Waals surface area contributed by atoms with E-state index >= 15 is 0 Å². The summed E-state index contributed by atoms with van der Waals surface area (Å²) in [5.41, 5.74) is 1.81. The Balaban J connectivity index is 2.05. The summed E-state index contributed by atoms with van der Waals surface area (Å²) in [4.78, 5) is 25.3. The van der Waals surface area contributed by atoms with Crippen molar-refractivity contribution >= 4 is 29.2 Å². The second kappa shape index (κ2) is 7.19. The summed E-state index contributed by atoms with van der Waals surface area (Å²) in [5.74, 6) is 0.537. The molecule has 0 unspecified atom stereocenters. The van der Waals surface area contributed by atoms with Gasteiger partial charge < -0.3 is 20.0 Å². The third-order valence-electron chi connectivity index (χ3n) is 3.42. The number of benzene rings is 1. The number of nitrogens with one attached hydrogen (secondary N) is 2. The lowest BCUT2D eigenvalue weighted by atomic mass is 10.2. The zero-order chi connectivity index (χ0) is 17.0. The maximum absolute atomic E-state index is 12.2. The molecule has 0 aliphatic carbocycles. The molecular formula is C16H18ClN3O3. The molecule has 2 rings (SSSR count). The average molecular weight is 336 g/mol. The fourth-order valence-electron chi connectivity index (χ4n) is 2.02. The molecule has 6 nitrogen and oxygen atoms in total. The van der Waals surface area contributed by atoms with E-state index in [1.807, 2.05) is 13.0 Å². The van der Waals surface area contributed by atoms with Gasteiger partial charge in [0.25, 0.3) is 5.91 Å². The Bertz CT molecular complexity index is 727. The van der Waals surface area contributed by atoms with Crippen LogP contribution in [0.5, 0.6) is 0 Å². The molecular weight excluding hydrogens is 318 g/mol. The first-order chi connectivity index (χ1) is 10.9. The molecule has 7 heteroatoms. The second-order valence-electron chi connectivity index (χ2n) is 5.06. The van der Waals surface area contributed by atoms with Gasteiger partial charge in [-0.1, -0.05) is 11.6 Å². The van der Waals surface area contributed by atoms with Gasteiger partial charge in [-0.05, 0) is 31.2 Å². The SMILES string of the molecule is CNC(=O)c1ccc(NC(=O)N(C)Cc2ccoc2C)c(Cl)c1. The molecule has 0 aliphatic rings. The lowest BCUT2D eigenvalue weighted by Crippen LogP contribution is -2.31. The number of aryl methyl sites for hydroxylation is 1. The predicted molar refractivity (Wildman–Crippen MR) is 88.8 cm³/mol. The Morgan fingerprint density at radius 3 is 2.61 bits per heavy atom. The van der Waals surface area contributed by atoms with E-state index in [1.54, 1.807) is 32.5 Å². The van der Waals surface area contributed by atoms with Crippen LogP contribution in [0.4, 0.5) is 10.5 Å². The Hall–Kier alpha value is -2.47. The second-order valence-corrected chi connectivity index (χ2v) is 5.47. The van der Waals surface area contributed by atoms with E-state index in [0.717, 1.165) is 11.3 Å². The Kier molecular flexibility index (Phi) is 5.28. The molecule has 2 N–H and O–H groups in total. The first kappa shape index (κ1) is 16.9. The molecule has 2 aromatic rings. The number of urea groups is 1. The Labute approximate surface area is 139 Å².